The number of primary amides is 1. The van der Waals surface area contributed by atoms with Crippen LogP contribution >= 0.6 is 0 Å². The molecule has 1 aliphatic carbocycles. The number of carbonyl (C=O) groups is 2. The third kappa shape index (κ3) is 1.96. The van der Waals surface area contributed by atoms with E-state index in [0.717, 1.165) is 6.42 Å². The van der Waals surface area contributed by atoms with Gasteiger partial charge in [-0.15, -0.1) is 0 Å². The highest BCUT2D eigenvalue weighted by atomic mass is 16.2. The van der Waals surface area contributed by atoms with Gasteiger partial charge < -0.3 is 11.1 Å². The molecule has 0 bridgehead atoms. The predicted molar refractivity (Wildman–Crippen MR) is 44.1 cm³/mol. The quantitative estimate of drug-likeness (QED) is 0.606. The fourth-order valence-electron chi connectivity index (χ4n) is 1.08. The second-order valence-electron chi connectivity index (χ2n) is 3.45. The molecule has 4 nitrogen and oxygen atoms in total. The molecule has 12 heavy (non-hydrogen) atoms. The summed E-state index contributed by atoms with van der Waals surface area (Å²) in [5, 5.41) is 2.56. The molecule has 3 atom stereocenters. The van der Waals surface area contributed by atoms with Gasteiger partial charge in [0.15, 0.2) is 0 Å². The summed E-state index contributed by atoms with van der Waals surface area (Å²) in [7, 11) is 0. The molecule has 1 rings (SSSR count). The molecule has 0 aromatic rings. The summed E-state index contributed by atoms with van der Waals surface area (Å²) in [6, 6.07) is -0.551. The lowest BCUT2D eigenvalue weighted by Crippen LogP contribution is -2.43. The van der Waals surface area contributed by atoms with Gasteiger partial charge in [-0.25, -0.2) is 0 Å². The standard InChI is InChI=1S/C8H14N2O2/c1-4-3-6(4)8(12)10-5(2)7(9)11/h4-6H,3H2,1-2H3,(H2,9,11)(H,10,12)/t4?,5-,6?/m0/s1. The number of hydrogen-bond acceptors (Lipinski definition) is 2. The Morgan fingerprint density at radius 1 is 1.58 bits per heavy atom. The first-order chi connectivity index (χ1) is 5.52. The number of rotatable bonds is 3. The van der Waals surface area contributed by atoms with E-state index in [1.807, 2.05) is 6.92 Å². The minimum atomic E-state index is -0.551. The Balaban J connectivity index is 2.31. The van der Waals surface area contributed by atoms with E-state index in [1.54, 1.807) is 6.92 Å². The van der Waals surface area contributed by atoms with E-state index in [1.165, 1.54) is 0 Å². The van der Waals surface area contributed by atoms with Crippen molar-refractivity contribution in [3.05, 3.63) is 0 Å². The summed E-state index contributed by atoms with van der Waals surface area (Å²) in [6.45, 7) is 3.60. The van der Waals surface area contributed by atoms with Gasteiger partial charge in [-0.1, -0.05) is 6.92 Å². The van der Waals surface area contributed by atoms with Crippen molar-refractivity contribution in [3.63, 3.8) is 0 Å². The average molecular weight is 170 g/mol. The molecule has 0 radical (unpaired) electrons. The molecule has 1 aliphatic rings. The van der Waals surface area contributed by atoms with E-state index in [4.69, 9.17) is 5.73 Å². The highest BCUT2D eigenvalue weighted by Gasteiger charge is 2.39. The SMILES string of the molecule is CC1CC1C(=O)N[C@@H](C)C(N)=O. The van der Waals surface area contributed by atoms with Crippen molar-refractivity contribution in [2.45, 2.75) is 26.3 Å². The highest BCUT2D eigenvalue weighted by molar-refractivity contribution is 5.88. The zero-order chi connectivity index (χ0) is 9.30. The first-order valence-electron chi connectivity index (χ1n) is 4.12. The lowest BCUT2D eigenvalue weighted by molar-refractivity contribution is -0.127. The van der Waals surface area contributed by atoms with Crippen LogP contribution in [0.1, 0.15) is 20.3 Å². The number of nitrogens with two attached hydrogens (primary N) is 1. The van der Waals surface area contributed by atoms with Gasteiger partial charge in [-0.05, 0) is 19.3 Å². The van der Waals surface area contributed by atoms with Crippen molar-refractivity contribution in [2.75, 3.05) is 0 Å². The molecule has 3 N–H and O–H groups in total. The van der Waals surface area contributed by atoms with Crippen molar-refractivity contribution < 1.29 is 9.59 Å². The van der Waals surface area contributed by atoms with Gasteiger partial charge in [0, 0.05) is 5.92 Å². The Bertz CT molecular complexity index is 215. The van der Waals surface area contributed by atoms with Crippen LogP contribution in [-0.2, 0) is 9.59 Å². The molecule has 1 fully saturated rings. The van der Waals surface area contributed by atoms with Gasteiger partial charge in [0.2, 0.25) is 11.8 Å². The van der Waals surface area contributed by atoms with Gasteiger partial charge in [0.05, 0.1) is 0 Å². The predicted octanol–water partition coefficient (Wildman–Crippen LogP) is -0.368. The molecule has 4 heteroatoms. The van der Waals surface area contributed by atoms with E-state index >= 15 is 0 Å². The Labute approximate surface area is 71.5 Å². The van der Waals surface area contributed by atoms with Crippen LogP contribution in [0.15, 0.2) is 0 Å². The lowest BCUT2D eigenvalue weighted by atomic mass is 10.2. The van der Waals surface area contributed by atoms with Crippen LogP contribution in [0.4, 0.5) is 0 Å². The molecular weight excluding hydrogens is 156 g/mol. The largest absolute Gasteiger partial charge is 0.368 e. The molecule has 0 spiro atoms. The van der Waals surface area contributed by atoms with Crippen LogP contribution in [0.3, 0.4) is 0 Å². The van der Waals surface area contributed by atoms with E-state index in [2.05, 4.69) is 5.32 Å². The van der Waals surface area contributed by atoms with Crippen LogP contribution in [0.2, 0.25) is 0 Å². The number of nitrogens with one attached hydrogen (secondary N) is 1. The van der Waals surface area contributed by atoms with Crippen LogP contribution in [0.25, 0.3) is 0 Å². The number of amides is 2. The zero-order valence-electron chi connectivity index (χ0n) is 7.33. The fraction of sp³-hybridized carbons (Fsp3) is 0.750. The second kappa shape index (κ2) is 3.13. The maximum atomic E-state index is 11.2. The number of carbonyl (C=O) groups excluding carboxylic acids is 2. The first kappa shape index (κ1) is 9.03. The molecule has 2 amide bonds. The smallest absolute Gasteiger partial charge is 0.239 e. The van der Waals surface area contributed by atoms with E-state index in [0.29, 0.717) is 5.92 Å². The van der Waals surface area contributed by atoms with Crippen LogP contribution in [0.5, 0.6) is 0 Å². The molecular formula is C8H14N2O2. The first-order valence-corrected chi connectivity index (χ1v) is 4.12. The van der Waals surface area contributed by atoms with Crippen molar-refractivity contribution in [2.24, 2.45) is 17.6 Å². The minimum Gasteiger partial charge on any atom is -0.368 e. The molecule has 2 unspecified atom stereocenters. The molecule has 0 saturated heterocycles. The van der Waals surface area contributed by atoms with Crippen molar-refractivity contribution in [1.29, 1.82) is 0 Å². The van der Waals surface area contributed by atoms with Gasteiger partial charge in [-0.2, -0.15) is 0 Å². The average Bonchev–Trinajstić information content (AvgIpc) is 2.66. The molecule has 0 aliphatic heterocycles. The third-order valence-electron chi connectivity index (χ3n) is 2.23. The van der Waals surface area contributed by atoms with E-state index in [9.17, 15) is 9.59 Å². The summed E-state index contributed by atoms with van der Waals surface area (Å²) in [5.74, 6) is 0.0299. The van der Waals surface area contributed by atoms with Gasteiger partial charge >= 0.3 is 0 Å². The topological polar surface area (TPSA) is 72.2 Å². The maximum Gasteiger partial charge on any atom is 0.239 e. The van der Waals surface area contributed by atoms with E-state index in [-0.39, 0.29) is 11.8 Å². The minimum absolute atomic E-state index is 0.0474. The van der Waals surface area contributed by atoms with Crippen molar-refractivity contribution in [1.82, 2.24) is 5.32 Å². The van der Waals surface area contributed by atoms with Gasteiger partial charge in [-0.3, -0.25) is 9.59 Å². The van der Waals surface area contributed by atoms with Gasteiger partial charge in [0.1, 0.15) is 6.04 Å². The summed E-state index contributed by atoms with van der Waals surface area (Å²) in [6.07, 6.45) is 0.928. The van der Waals surface area contributed by atoms with Crippen LogP contribution in [-0.4, -0.2) is 17.9 Å². The van der Waals surface area contributed by atoms with Crippen LogP contribution < -0.4 is 11.1 Å². The highest BCUT2D eigenvalue weighted by Crippen LogP contribution is 2.37. The third-order valence-corrected chi connectivity index (χ3v) is 2.23. The van der Waals surface area contributed by atoms with Crippen molar-refractivity contribution in [3.8, 4) is 0 Å². The second-order valence-corrected chi connectivity index (χ2v) is 3.45. The fourth-order valence-corrected chi connectivity index (χ4v) is 1.08. The van der Waals surface area contributed by atoms with Crippen LogP contribution in [0, 0.1) is 11.8 Å². The monoisotopic (exact) mass is 170 g/mol. The van der Waals surface area contributed by atoms with E-state index < -0.39 is 11.9 Å². The molecule has 68 valence electrons. The molecule has 0 aromatic carbocycles. The molecule has 0 heterocycles. The Morgan fingerprint density at radius 3 is 2.42 bits per heavy atom. The van der Waals surface area contributed by atoms with Gasteiger partial charge in [0.25, 0.3) is 0 Å². The number of hydrogen-bond donors (Lipinski definition) is 2. The Hall–Kier alpha value is -1.06. The lowest BCUT2D eigenvalue weighted by Gasteiger charge is -2.08. The maximum absolute atomic E-state index is 11.2. The normalized spacial score (nSPS) is 29.2. The van der Waals surface area contributed by atoms with Crippen molar-refractivity contribution >= 4 is 11.8 Å². The summed E-state index contributed by atoms with van der Waals surface area (Å²) in [5.41, 5.74) is 4.99. The molecule has 0 aromatic heterocycles. The molecule has 1 saturated carbocycles. The summed E-state index contributed by atoms with van der Waals surface area (Å²) >= 11 is 0. The Kier molecular flexibility index (Phi) is 2.35. The summed E-state index contributed by atoms with van der Waals surface area (Å²) < 4.78 is 0. The zero-order valence-corrected chi connectivity index (χ0v) is 7.33. The Morgan fingerprint density at radius 2 is 2.08 bits per heavy atom. The summed E-state index contributed by atoms with van der Waals surface area (Å²) in [4.78, 5) is 21.8.